The van der Waals surface area contributed by atoms with Crippen LogP contribution in [0.2, 0.25) is 5.02 Å². The molecule has 0 aromatic heterocycles. The first-order valence-electron chi connectivity index (χ1n) is 6.68. The van der Waals surface area contributed by atoms with Crippen LogP contribution in [0.15, 0.2) is 18.2 Å². The van der Waals surface area contributed by atoms with Gasteiger partial charge in [-0.1, -0.05) is 46.9 Å². The second kappa shape index (κ2) is 6.38. The number of halogens is 3. The van der Waals surface area contributed by atoms with Crippen molar-refractivity contribution in [3.05, 3.63) is 34.6 Å². The summed E-state index contributed by atoms with van der Waals surface area (Å²) < 4.78 is 13.8. The molecule has 18 heavy (non-hydrogen) atoms. The molecule has 2 rings (SSSR count). The Morgan fingerprint density at radius 3 is 2.83 bits per heavy atom. The molecule has 0 heterocycles. The van der Waals surface area contributed by atoms with E-state index in [1.165, 1.54) is 31.7 Å². The van der Waals surface area contributed by atoms with Gasteiger partial charge in [0.1, 0.15) is 5.82 Å². The molecule has 0 saturated heterocycles. The van der Waals surface area contributed by atoms with Gasteiger partial charge < -0.3 is 0 Å². The van der Waals surface area contributed by atoms with E-state index in [4.69, 9.17) is 11.6 Å². The van der Waals surface area contributed by atoms with Gasteiger partial charge in [-0.3, -0.25) is 0 Å². The first kappa shape index (κ1) is 14.3. The molecule has 1 aromatic rings. The first-order chi connectivity index (χ1) is 8.60. The largest absolute Gasteiger partial charge is 0.207 e. The highest BCUT2D eigenvalue weighted by molar-refractivity contribution is 9.09. The minimum absolute atomic E-state index is 0.166. The Hall–Kier alpha value is -0.0800. The Balaban J connectivity index is 2.07. The average Bonchev–Trinajstić information content (AvgIpc) is 2.35. The Morgan fingerprint density at radius 2 is 2.17 bits per heavy atom. The van der Waals surface area contributed by atoms with Crippen LogP contribution in [0.4, 0.5) is 4.39 Å². The van der Waals surface area contributed by atoms with Gasteiger partial charge in [-0.2, -0.15) is 0 Å². The lowest BCUT2D eigenvalue weighted by molar-refractivity contribution is 0.269. The third-order valence-corrected chi connectivity index (χ3v) is 5.51. The van der Waals surface area contributed by atoms with Crippen LogP contribution in [-0.4, -0.2) is 4.83 Å². The first-order valence-corrected chi connectivity index (χ1v) is 7.97. The molecule has 1 aliphatic carbocycles. The van der Waals surface area contributed by atoms with E-state index < -0.39 is 0 Å². The summed E-state index contributed by atoms with van der Waals surface area (Å²) in [5.41, 5.74) is 0.797. The minimum Gasteiger partial charge on any atom is -0.207 e. The van der Waals surface area contributed by atoms with E-state index in [9.17, 15) is 4.39 Å². The highest BCUT2D eigenvalue weighted by Gasteiger charge is 2.28. The minimum atomic E-state index is -0.166. The number of hydrogen-bond acceptors (Lipinski definition) is 0. The molecule has 3 atom stereocenters. The highest BCUT2D eigenvalue weighted by Crippen LogP contribution is 2.37. The molecule has 1 aromatic carbocycles. The molecular weight excluding hydrogens is 315 g/mol. The van der Waals surface area contributed by atoms with E-state index in [1.54, 1.807) is 6.07 Å². The second-order valence-electron chi connectivity index (χ2n) is 5.30. The van der Waals surface area contributed by atoms with Crippen molar-refractivity contribution in [1.29, 1.82) is 0 Å². The lowest BCUT2D eigenvalue weighted by Crippen LogP contribution is -2.26. The predicted octanol–water partition coefficient (Wildman–Crippen LogP) is 5.61. The molecule has 3 unspecified atom stereocenters. The van der Waals surface area contributed by atoms with Gasteiger partial charge in [0.25, 0.3) is 0 Å². The van der Waals surface area contributed by atoms with Crippen molar-refractivity contribution in [3.8, 4) is 0 Å². The summed E-state index contributed by atoms with van der Waals surface area (Å²) >= 11 is 9.54. The van der Waals surface area contributed by atoms with E-state index in [0.29, 0.717) is 15.8 Å². The quantitative estimate of drug-likeness (QED) is 0.631. The van der Waals surface area contributed by atoms with Crippen molar-refractivity contribution < 1.29 is 4.39 Å². The number of alkyl halides is 1. The lowest BCUT2D eigenvalue weighted by Gasteiger charge is -2.33. The molecule has 0 spiro atoms. The smallest absolute Gasteiger partial charge is 0.127 e. The summed E-state index contributed by atoms with van der Waals surface area (Å²) in [6.45, 7) is 2.25. The van der Waals surface area contributed by atoms with Crippen LogP contribution in [0.5, 0.6) is 0 Å². The average molecular weight is 334 g/mol. The van der Waals surface area contributed by atoms with Crippen molar-refractivity contribution in [3.63, 3.8) is 0 Å². The molecule has 1 saturated carbocycles. The fourth-order valence-electron chi connectivity index (χ4n) is 2.88. The van der Waals surface area contributed by atoms with Gasteiger partial charge in [0, 0.05) is 9.85 Å². The van der Waals surface area contributed by atoms with Crippen molar-refractivity contribution in [2.24, 2.45) is 11.8 Å². The SMILES string of the molecule is CCC1CCC(Br)C(Cc2ccc(Cl)cc2F)C1. The van der Waals surface area contributed by atoms with Crippen LogP contribution in [0.1, 0.15) is 38.2 Å². The summed E-state index contributed by atoms with van der Waals surface area (Å²) in [7, 11) is 0. The van der Waals surface area contributed by atoms with Crippen molar-refractivity contribution >= 4 is 27.5 Å². The molecule has 0 nitrogen and oxygen atoms in total. The van der Waals surface area contributed by atoms with E-state index in [-0.39, 0.29) is 5.82 Å². The van der Waals surface area contributed by atoms with Crippen LogP contribution >= 0.6 is 27.5 Å². The van der Waals surface area contributed by atoms with Crippen LogP contribution in [0.3, 0.4) is 0 Å². The van der Waals surface area contributed by atoms with Gasteiger partial charge in [-0.25, -0.2) is 4.39 Å². The molecule has 0 radical (unpaired) electrons. The van der Waals surface area contributed by atoms with Crippen LogP contribution < -0.4 is 0 Å². The third-order valence-electron chi connectivity index (χ3n) is 4.07. The summed E-state index contributed by atoms with van der Waals surface area (Å²) in [5, 5.41) is 0.474. The van der Waals surface area contributed by atoms with Gasteiger partial charge >= 0.3 is 0 Å². The molecular formula is C15H19BrClF. The number of rotatable bonds is 3. The molecule has 0 amide bonds. The fraction of sp³-hybridized carbons (Fsp3) is 0.600. The highest BCUT2D eigenvalue weighted by atomic mass is 79.9. The zero-order chi connectivity index (χ0) is 13.1. The summed E-state index contributed by atoms with van der Waals surface area (Å²) in [6, 6.07) is 5.02. The Morgan fingerprint density at radius 1 is 1.39 bits per heavy atom. The van der Waals surface area contributed by atoms with E-state index >= 15 is 0 Å². The van der Waals surface area contributed by atoms with E-state index in [0.717, 1.165) is 17.9 Å². The van der Waals surface area contributed by atoms with Crippen LogP contribution in [-0.2, 0) is 6.42 Å². The molecule has 100 valence electrons. The standard InChI is InChI=1S/C15H19BrClF/c1-2-10-3-6-14(16)12(7-10)8-11-4-5-13(17)9-15(11)18/h4-5,9-10,12,14H,2-3,6-8H2,1H3. The summed E-state index contributed by atoms with van der Waals surface area (Å²) in [6.07, 6.45) is 5.76. The van der Waals surface area contributed by atoms with Gasteiger partial charge in [-0.15, -0.1) is 0 Å². The number of benzene rings is 1. The summed E-state index contributed by atoms with van der Waals surface area (Å²) in [5.74, 6) is 1.18. The van der Waals surface area contributed by atoms with Crippen molar-refractivity contribution in [2.75, 3.05) is 0 Å². The fourth-order valence-corrected chi connectivity index (χ4v) is 3.70. The maximum absolute atomic E-state index is 13.8. The molecule has 1 aliphatic rings. The van der Waals surface area contributed by atoms with E-state index in [1.807, 2.05) is 6.07 Å². The molecule has 0 N–H and O–H groups in total. The zero-order valence-corrected chi connectivity index (χ0v) is 13.0. The van der Waals surface area contributed by atoms with Crippen molar-refractivity contribution in [2.45, 2.75) is 43.9 Å². The van der Waals surface area contributed by atoms with Crippen molar-refractivity contribution in [1.82, 2.24) is 0 Å². The molecule has 0 bridgehead atoms. The monoisotopic (exact) mass is 332 g/mol. The topological polar surface area (TPSA) is 0 Å². The van der Waals surface area contributed by atoms with Gasteiger partial charge in [-0.05, 0) is 55.2 Å². The Labute approximate surface area is 122 Å². The van der Waals surface area contributed by atoms with Gasteiger partial charge in [0.05, 0.1) is 0 Å². The maximum Gasteiger partial charge on any atom is 0.127 e. The summed E-state index contributed by atoms with van der Waals surface area (Å²) in [4.78, 5) is 0.523. The van der Waals surface area contributed by atoms with E-state index in [2.05, 4.69) is 22.9 Å². The Bertz CT molecular complexity index is 407. The lowest BCUT2D eigenvalue weighted by atomic mass is 9.77. The van der Waals surface area contributed by atoms with Gasteiger partial charge in [0.15, 0.2) is 0 Å². The number of hydrogen-bond donors (Lipinski definition) is 0. The normalized spacial score (nSPS) is 28.3. The molecule has 3 heteroatoms. The van der Waals surface area contributed by atoms with Crippen LogP contribution in [0.25, 0.3) is 0 Å². The molecule has 0 aliphatic heterocycles. The Kier molecular flexibility index (Phi) is 5.08. The second-order valence-corrected chi connectivity index (χ2v) is 6.92. The molecule has 1 fully saturated rings. The maximum atomic E-state index is 13.8. The predicted molar refractivity (Wildman–Crippen MR) is 79.0 cm³/mol. The van der Waals surface area contributed by atoms with Gasteiger partial charge in [0.2, 0.25) is 0 Å². The third kappa shape index (κ3) is 3.48. The zero-order valence-electron chi connectivity index (χ0n) is 10.6. The van der Waals surface area contributed by atoms with Crippen LogP contribution in [0, 0.1) is 17.7 Å².